The van der Waals surface area contributed by atoms with Gasteiger partial charge in [-0.05, 0) is 6.42 Å². The molecule has 1 aromatic rings. The first-order chi connectivity index (χ1) is 7.61. The molecule has 0 radical (unpaired) electrons. The first kappa shape index (κ1) is 12.6. The molecule has 0 spiro atoms. The second-order valence-corrected chi connectivity index (χ2v) is 3.59. The van der Waals surface area contributed by atoms with Crippen LogP contribution in [0.1, 0.15) is 13.3 Å². The molecule has 6 heteroatoms. The summed E-state index contributed by atoms with van der Waals surface area (Å²) < 4.78 is 2.49. The van der Waals surface area contributed by atoms with Gasteiger partial charge in [-0.1, -0.05) is 24.6 Å². The minimum Gasteiger partial charge on any atom is -0.393 e. The van der Waals surface area contributed by atoms with Gasteiger partial charge in [-0.2, -0.15) is 0 Å². The van der Waals surface area contributed by atoms with E-state index in [1.54, 1.807) is 0 Å². The minimum absolute atomic E-state index is 0.0658. The Bertz CT molecular complexity index is 502. The van der Waals surface area contributed by atoms with Gasteiger partial charge in [0, 0.05) is 24.8 Å². The van der Waals surface area contributed by atoms with Crippen molar-refractivity contribution in [2.24, 2.45) is 0 Å². The van der Waals surface area contributed by atoms with E-state index in [4.69, 9.17) is 17.3 Å². The molecular weight excluding hydrogens is 230 g/mol. The molecule has 0 aliphatic carbocycles. The van der Waals surface area contributed by atoms with E-state index in [0.29, 0.717) is 6.54 Å². The quantitative estimate of drug-likeness (QED) is 0.849. The van der Waals surface area contributed by atoms with Gasteiger partial charge in [0.15, 0.2) is 0 Å². The number of hydrogen-bond acceptors (Lipinski definition) is 3. The molecule has 5 nitrogen and oxygen atoms in total. The van der Waals surface area contributed by atoms with E-state index in [9.17, 15) is 9.59 Å². The molecule has 0 bridgehead atoms. The second kappa shape index (κ2) is 5.55. The maximum atomic E-state index is 11.8. The first-order valence-corrected chi connectivity index (χ1v) is 5.40. The van der Waals surface area contributed by atoms with Crippen molar-refractivity contribution in [3.8, 4) is 0 Å². The predicted octanol–water partition coefficient (Wildman–Crippen LogP) is 0.755. The number of aryl methyl sites for hydroxylation is 1. The van der Waals surface area contributed by atoms with Crippen molar-refractivity contribution in [1.82, 2.24) is 9.13 Å². The van der Waals surface area contributed by atoms with Crippen LogP contribution in [0.2, 0.25) is 0 Å². The molecule has 0 aliphatic rings. The van der Waals surface area contributed by atoms with Crippen LogP contribution in [-0.4, -0.2) is 9.13 Å². The number of aromatic nitrogens is 2. The average Bonchev–Trinajstić information content (AvgIpc) is 2.26. The Morgan fingerprint density at radius 2 is 2.19 bits per heavy atom. The number of nitrogens with zero attached hydrogens (tertiary/aromatic N) is 2. The summed E-state index contributed by atoms with van der Waals surface area (Å²) in [5, 5.41) is 0. The normalized spacial score (nSPS) is 11.1. The van der Waals surface area contributed by atoms with Gasteiger partial charge < -0.3 is 5.73 Å². The molecule has 0 aliphatic heterocycles. The van der Waals surface area contributed by atoms with Gasteiger partial charge in [0.2, 0.25) is 0 Å². The zero-order chi connectivity index (χ0) is 12.1. The maximum Gasteiger partial charge on any atom is 0.331 e. The fraction of sp³-hybridized carbons (Fsp3) is 0.400. The SMILES string of the molecule is CCCn1cc(N)c(=O)n(C/C=C/Cl)c1=O. The van der Waals surface area contributed by atoms with Crippen LogP contribution in [-0.2, 0) is 13.1 Å². The van der Waals surface area contributed by atoms with Crippen LogP contribution in [0.25, 0.3) is 0 Å². The molecular formula is C10H14ClN3O2. The highest BCUT2D eigenvalue weighted by Crippen LogP contribution is 1.92. The molecule has 0 saturated carbocycles. The lowest BCUT2D eigenvalue weighted by Gasteiger charge is -2.08. The monoisotopic (exact) mass is 243 g/mol. The lowest BCUT2D eigenvalue weighted by molar-refractivity contribution is 0.577. The topological polar surface area (TPSA) is 70.0 Å². The summed E-state index contributed by atoms with van der Waals surface area (Å²) in [6.45, 7) is 2.61. The van der Waals surface area contributed by atoms with E-state index in [-0.39, 0.29) is 17.9 Å². The molecule has 2 N–H and O–H groups in total. The number of nitrogens with two attached hydrogens (primary N) is 1. The van der Waals surface area contributed by atoms with E-state index >= 15 is 0 Å². The summed E-state index contributed by atoms with van der Waals surface area (Å²) in [5.74, 6) is 0. The molecule has 0 atom stereocenters. The third kappa shape index (κ3) is 2.55. The van der Waals surface area contributed by atoms with Crippen molar-refractivity contribution in [3.63, 3.8) is 0 Å². The van der Waals surface area contributed by atoms with Crippen molar-refractivity contribution >= 4 is 17.3 Å². The fourth-order valence-electron chi connectivity index (χ4n) is 1.38. The highest BCUT2D eigenvalue weighted by Gasteiger charge is 2.07. The van der Waals surface area contributed by atoms with Gasteiger partial charge in [-0.25, -0.2) is 4.79 Å². The van der Waals surface area contributed by atoms with Gasteiger partial charge in [-0.15, -0.1) is 0 Å². The Hall–Kier alpha value is -1.49. The van der Waals surface area contributed by atoms with Crippen LogP contribution < -0.4 is 17.0 Å². The summed E-state index contributed by atoms with van der Waals surface area (Å²) in [6.07, 6.45) is 3.69. The van der Waals surface area contributed by atoms with Crippen LogP contribution in [0.5, 0.6) is 0 Å². The van der Waals surface area contributed by atoms with Crippen LogP contribution in [0.15, 0.2) is 27.4 Å². The van der Waals surface area contributed by atoms with Crippen LogP contribution in [0.4, 0.5) is 5.69 Å². The zero-order valence-corrected chi connectivity index (χ0v) is 9.78. The third-order valence-corrected chi connectivity index (χ3v) is 2.28. The minimum atomic E-state index is -0.480. The third-order valence-electron chi connectivity index (χ3n) is 2.11. The molecule has 0 amide bonds. The van der Waals surface area contributed by atoms with Gasteiger partial charge >= 0.3 is 5.69 Å². The van der Waals surface area contributed by atoms with Crippen LogP contribution in [0.3, 0.4) is 0 Å². The molecule has 0 saturated heterocycles. The smallest absolute Gasteiger partial charge is 0.331 e. The second-order valence-electron chi connectivity index (χ2n) is 3.34. The molecule has 0 unspecified atom stereocenters. The van der Waals surface area contributed by atoms with E-state index < -0.39 is 5.56 Å². The highest BCUT2D eigenvalue weighted by molar-refractivity contribution is 6.25. The van der Waals surface area contributed by atoms with E-state index in [2.05, 4.69) is 0 Å². The largest absolute Gasteiger partial charge is 0.393 e. The lowest BCUT2D eigenvalue weighted by Crippen LogP contribution is -2.40. The van der Waals surface area contributed by atoms with E-state index in [1.165, 1.54) is 22.4 Å². The van der Waals surface area contributed by atoms with E-state index in [0.717, 1.165) is 11.0 Å². The van der Waals surface area contributed by atoms with Gasteiger partial charge in [0.25, 0.3) is 5.56 Å². The molecule has 16 heavy (non-hydrogen) atoms. The van der Waals surface area contributed by atoms with E-state index in [1.807, 2.05) is 6.92 Å². The van der Waals surface area contributed by atoms with Crippen molar-refractivity contribution in [2.75, 3.05) is 5.73 Å². The van der Waals surface area contributed by atoms with Crippen molar-refractivity contribution in [1.29, 1.82) is 0 Å². The summed E-state index contributed by atoms with van der Waals surface area (Å²) in [4.78, 5) is 23.4. The standard InChI is InChI=1S/C10H14ClN3O2/c1-2-5-13-7-8(12)9(15)14(10(13)16)6-3-4-11/h3-4,7H,2,5-6,12H2,1H3/b4-3+. The number of hydrogen-bond donors (Lipinski definition) is 1. The van der Waals surface area contributed by atoms with Crippen LogP contribution >= 0.6 is 11.6 Å². The summed E-state index contributed by atoms with van der Waals surface area (Å²) >= 11 is 5.36. The first-order valence-electron chi connectivity index (χ1n) is 4.96. The number of rotatable bonds is 4. The van der Waals surface area contributed by atoms with Crippen molar-refractivity contribution < 1.29 is 0 Å². The van der Waals surface area contributed by atoms with Gasteiger partial charge in [0.05, 0.1) is 0 Å². The van der Waals surface area contributed by atoms with Crippen molar-refractivity contribution in [2.45, 2.75) is 26.4 Å². The molecule has 1 aromatic heterocycles. The number of nitrogen functional groups attached to an aromatic ring is 1. The lowest BCUT2D eigenvalue weighted by atomic mass is 10.4. The molecule has 88 valence electrons. The summed E-state index contributed by atoms with van der Waals surface area (Å²) in [5.41, 5.74) is 6.03. The van der Waals surface area contributed by atoms with Crippen LogP contribution in [0, 0.1) is 0 Å². The number of anilines is 1. The predicted molar refractivity (Wildman–Crippen MR) is 64.7 cm³/mol. The Kier molecular flexibility index (Phi) is 4.37. The Labute approximate surface area is 97.8 Å². The van der Waals surface area contributed by atoms with Gasteiger partial charge in [-0.3, -0.25) is 13.9 Å². The summed E-state index contributed by atoms with van der Waals surface area (Å²) in [6, 6.07) is 0. The summed E-state index contributed by atoms with van der Waals surface area (Å²) in [7, 11) is 0. The van der Waals surface area contributed by atoms with Crippen molar-refractivity contribution in [3.05, 3.63) is 38.6 Å². The fourth-order valence-corrected chi connectivity index (χ4v) is 1.46. The Morgan fingerprint density at radius 3 is 2.75 bits per heavy atom. The Morgan fingerprint density at radius 1 is 1.50 bits per heavy atom. The zero-order valence-electron chi connectivity index (χ0n) is 9.02. The number of halogens is 1. The highest BCUT2D eigenvalue weighted by atomic mass is 35.5. The molecule has 1 heterocycles. The number of allylic oxidation sites excluding steroid dienone is 1. The van der Waals surface area contributed by atoms with Gasteiger partial charge in [0.1, 0.15) is 5.69 Å². The molecule has 0 aromatic carbocycles. The molecule has 1 rings (SSSR count). The average molecular weight is 244 g/mol. The Balaban J connectivity index is 3.34. The maximum absolute atomic E-state index is 11.8. The molecule has 0 fully saturated rings.